The van der Waals surface area contributed by atoms with Crippen LogP contribution < -0.4 is 5.32 Å². The molecule has 1 aromatic rings. The second kappa shape index (κ2) is 6.59. The standard InChI is InChI=1S/C15H22N2O3/c1-10-5-3-6-12(11(10)2)17-14(18)9-20-15(19)13-7-4-8-16-13/h4,7-8,10-12,16H,3,5-6,9H2,1-2H3,(H,17,18). The predicted octanol–water partition coefficient (Wildman–Crippen LogP) is 2.11. The number of aromatic amines is 1. The van der Waals surface area contributed by atoms with E-state index in [1.807, 2.05) is 0 Å². The Morgan fingerprint density at radius 3 is 2.90 bits per heavy atom. The number of hydrogen-bond donors (Lipinski definition) is 2. The molecule has 2 N–H and O–H groups in total. The zero-order valence-corrected chi connectivity index (χ0v) is 12.0. The summed E-state index contributed by atoms with van der Waals surface area (Å²) < 4.78 is 4.97. The Morgan fingerprint density at radius 1 is 1.40 bits per heavy atom. The molecule has 1 heterocycles. The van der Waals surface area contributed by atoms with Crippen molar-refractivity contribution in [2.45, 2.75) is 39.2 Å². The fourth-order valence-corrected chi connectivity index (χ4v) is 2.70. The molecule has 20 heavy (non-hydrogen) atoms. The van der Waals surface area contributed by atoms with Gasteiger partial charge < -0.3 is 15.0 Å². The van der Waals surface area contributed by atoms with E-state index in [2.05, 4.69) is 24.1 Å². The van der Waals surface area contributed by atoms with Gasteiger partial charge in [-0.25, -0.2) is 4.79 Å². The third-order valence-electron chi connectivity index (χ3n) is 4.21. The Bertz CT molecular complexity index is 456. The lowest BCUT2D eigenvalue weighted by atomic mass is 9.78. The van der Waals surface area contributed by atoms with Crippen molar-refractivity contribution in [3.8, 4) is 0 Å². The maximum atomic E-state index is 11.8. The topological polar surface area (TPSA) is 71.2 Å². The number of hydrogen-bond acceptors (Lipinski definition) is 3. The Morgan fingerprint density at radius 2 is 2.20 bits per heavy atom. The van der Waals surface area contributed by atoms with Crippen molar-refractivity contribution in [1.29, 1.82) is 0 Å². The summed E-state index contributed by atoms with van der Waals surface area (Å²) >= 11 is 0. The zero-order chi connectivity index (χ0) is 14.5. The van der Waals surface area contributed by atoms with E-state index >= 15 is 0 Å². The van der Waals surface area contributed by atoms with Crippen molar-refractivity contribution >= 4 is 11.9 Å². The van der Waals surface area contributed by atoms with Crippen LogP contribution in [0.1, 0.15) is 43.6 Å². The first-order chi connectivity index (χ1) is 9.58. The quantitative estimate of drug-likeness (QED) is 0.829. The number of carbonyl (C=O) groups is 2. The number of amides is 1. The molecule has 0 saturated heterocycles. The molecule has 3 atom stereocenters. The number of ether oxygens (including phenoxy) is 1. The predicted molar refractivity (Wildman–Crippen MR) is 75.2 cm³/mol. The summed E-state index contributed by atoms with van der Waals surface area (Å²) in [5.74, 6) is 0.355. The normalized spacial score (nSPS) is 26.0. The molecule has 1 amide bonds. The van der Waals surface area contributed by atoms with Gasteiger partial charge >= 0.3 is 5.97 Å². The molecule has 110 valence electrons. The van der Waals surface area contributed by atoms with Crippen LogP contribution in [0.4, 0.5) is 0 Å². The molecule has 0 radical (unpaired) electrons. The zero-order valence-electron chi connectivity index (χ0n) is 12.0. The molecular formula is C15H22N2O3. The highest BCUT2D eigenvalue weighted by Crippen LogP contribution is 2.29. The van der Waals surface area contributed by atoms with Crippen LogP contribution in [0.2, 0.25) is 0 Å². The molecular weight excluding hydrogens is 256 g/mol. The van der Waals surface area contributed by atoms with Gasteiger partial charge in [-0.2, -0.15) is 0 Å². The smallest absolute Gasteiger partial charge is 0.355 e. The van der Waals surface area contributed by atoms with Crippen LogP contribution in [-0.4, -0.2) is 29.5 Å². The number of nitrogens with one attached hydrogen (secondary N) is 2. The first kappa shape index (κ1) is 14.6. The van der Waals surface area contributed by atoms with Crippen molar-refractivity contribution in [1.82, 2.24) is 10.3 Å². The lowest BCUT2D eigenvalue weighted by molar-refractivity contribution is -0.125. The van der Waals surface area contributed by atoms with Crippen molar-refractivity contribution in [3.05, 3.63) is 24.0 Å². The average Bonchev–Trinajstić information content (AvgIpc) is 2.95. The van der Waals surface area contributed by atoms with E-state index in [9.17, 15) is 9.59 Å². The molecule has 0 aliphatic heterocycles. The Kier molecular flexibility index (Phi) is 4.82. The van der Waals surface area contributed by atoms with Crippen molar-refractivity contribution in [3.63, 3.8) is 0 Å². The van der Waals surface area contributed by atoms with Crippen LogP contribution in [-0.2, 0) is 9.53 Å². The molecule has 1 aromatic heterocycles. The van der Waals surface area contributed by atoms with Gasteiger partial charge in [-0.05, 0) is 30.4 Å². The maximum Gasteiger partial charge on any atom is 0.355 e. The van der Waals surface area contributed by atoms with Gasteiger partial charge in [0.1, 0.15) is 5.69 Å². The molecule has 1 aliphatic rings. The van der Waals surface area contributed by atoms with E-state index < -0.39 is 5.97 Å². The number of aromatic nitrogens is 1. The minimum Gasteiger partial charge on any atom is -0.451 e. The van der Waals surface area contributed by atoms with Gasteiger partial charge in [-0.1, -0.05) is 26.7 Å². The van der Waals surface area contributed by atoms with Crippen LogP contribution in [0.25, 0.3) is 0 Å². The third-order valence-corrected chi connectivity index (χ3v) is 4.21. The highest BCUT2D eigenvalue weighted by Gasteiger charge is 2.28. The number of carbonyl (C=O) groups excluding carboxylic acids is 2. The summed E-state index contributed by atoms with van der Waals surface area (Å²) in [6.45, 7) is 4.16. The van der Waals surface area contributed by atoms with E-state index in [0.29, 0.717) is 17.5 Å². The lowest BCUT2D eigenvalue weighted by Crippen LogP contribution is -2.45. The Balaban J connectivity index is 1.76. The summed E-state index contributed by atoms with van der Waals surface area (Å²) in [6, 6.07) is 3.52. The number of rotatable bonds is 4. The summed E-state index contributed by atoms with van der Waals surface area (Å²) in [6.07, 6.45) is 5.00. The number of esters is 1. The summed E-state index contributed by atoms with van der Waals surface area (Å²) in [5.41, 5.74) is 0.359. The Labute approximate surface area is 119 Å². The molecule has 1 saturated carbocycles. The molecule has 1 aliphatic carbocycles. The van der Waals surface area contributed by atoms with Gasteiger partial charge in [-0.3, -0.25) is 4.79 Å². The van der Waals surface area contributed by atoms with Crippen LogP contribution in [0, 0.1) is 11.8 Å². The minimum atomic E-state index is -0.504. The maximum absolute atomic E-state index is 11.8. The van der Waals surface area contributed by atoms with E-state index in [-0.39, 0.29) is 18.6 Å². The monoisotopic (exact) mass is 278 g/mol. The van der Waals surface area contributed by atoms with Gasteiger partial charge in [0.15, 0.2) is 6.61 Å². The molecule has 5 heteroatoms. The fourth-order valence-electron chi connectivity index (χ4n) is 2.70. The number of H-pyrrole nitrogens is 1. The van der Waals surface area contributed by atoms with Gasteiger partial charge in [-0.15, -0.1) is 0 Å². The first-order valence-corrected chi connectivity index (χ1v) is 7.18. The summed E-state index contributed by atoms with van der Waals surface area (Å²) in [7, 11) is 0. The molecule has 0 bridgehead atoms. The second-order valence-electron chi connectivity index (χ2n) is 5.60. The average molecular weight is 278 g/mol. The van der Waals surface area contributed by atoms with E-state index in [0.717, 1.165) is 12.8 Å². The minimum absolute atomic E-state index is 0.190. The third kappa shape index (κ3) is 3.62. The van der Waals surface area contributed by atoms with Gasteiger partial charge in [0, 0.05) is 12.2 Å². The van der Waals surface area contributed by atoms with Crippen LogP contribution in [0.3, 0.4) is 0 Å². The van der Waals surface area contributed by atoms with E-state index in [1.54, 1.807) is 18.3 Å². The summed E-state index contributed by atoms with van der Waals surface area (Å²) in [5, 5.41) is 2.97. The van der Waals surface area contributed by atoms with Gasteiger partial charge in [0.2, 0.25) is 0 Å². The van der Waals surface area contributed by atoms with Gasteiger partial charge in [0.05, 0.1) is 0 Å². The Hall–Kier alpha value is -1.78. The summed E-state index contributed by atoms with van der Waals surface area (Å²) in [4.78, 5) is 26.2. The van der Waals surface area contributed by atoms with Crippen molar-refractivity contribution in [2.24, 2.45) is 11.8 Å². The fraction of sp³-hybridized carbons (Fsp3) is 0.600. The molecule has 0 aromatic carbocycles. The van der Waals surface area contributed by atoms with Crippen molar-refractivity contribution < 1.29 is 14.3 Å². The van der Waals surface area contributed by atoms with Crippen LogP contribution in [0.5, 0.6) is 0 Å². The molecule has 2 rings (SSSR count). The largest absolute Gasteiger partial charge is 0.451 e. The molecule has 0 spiro atoms. The highest BCUT2D eigenvalue weighted by atomic mass is 16.5. The second-order valence-corrected chi connectivity index (χ2v) is 5.60. The highest BCUT2D eigenvalue weighted by molar-refractivity contribution is 5.89. The molecule has 1 fully saturated rings. The molecule has 3 unspecified atom stereocenters. The van der Waals surface area contributed by atoms with Crippen LogP contribution >= 0.6 is 0 Å². The van der Waals surface area contributed by atoms with Crippen LogP contribution in [0.15, 0.2) is 18.3 Å². The SMILES string of the molecule is CC1CCCC(NC(=O)COC(=O)c2ccc[nH]2)C1C. The van der Waals surface area contributed by atoms with Crippen molar-refractivity contribution in [2.75, 3.05) is 6.61 Å². The van der Waals surface area contributed by atoms with E-state index in [4.69, 9.17) is 4.74 Å². The van der Waals surface area contributed by atoms with E-state index in [1.165, 1.54) is 6.42 Å². The molecule has 5 nitrogen and oxygen atoms in total. The lowest BCUT2D eigenvalue weighted by Gasteiger charge is -2.34. The van der Waals surface area contributed by atoms with Gasteiger partial charge in [0.25, 0.3) is 5.91 Å². The first-order valence-electron chi connectivity index (χ1n) is 7.18.